The van der Waals surface area contributed by atoms with E-state index in [1.54, 1.807) is 0 Å². The molecular weight excluding hydrogens is 174 g/mol. The topological polar surface area (TPSA) is 20.3 Å². The van der Waals surface area contributed by atoms with E-state index in [4.69, 9.17) is 0 Å². The molecular formula is C12H21NO. The maximum absolute atomic E-state index is 11.8. The minimum absolute atomic E-state index is 0.405. The Morgan fingerprint density at radius 2 is 1.93 bits per heavy atom. The highest BCUT2D eigenvalue weighted by atomic mass is 16.2. The third-order valence-electron chi connectivity index (χ3n) is 3.90. The van der Waals surface area contributed by atoms with Crippen molar-refractivity contribution in [3.8, 4) is 0 Å². The molecule has 2 rings (SSSR count). The van der Waals surface area contributed by atoms with Crippen LogP contribution in [0.4, 0.5) is 0 Å². The zero-order valence-corrected chi connectivity index (χ0v) is 9.17. The number of rotatable bonds is 1. The van der Waals surface area contributed by atoms with E-state index in [1.165, 1.54) is 32.1 Å². The molecule has 2 nitrogen and oxygen atoms in total. The van der Waals surface area contributed by atoms with Gasteiger partial charge in [-0.2, -0.15) is 0 Å². The van der Waals surface area contributed by atoms with Crippen LogP contribution in [0.1, 0.15) is 51.9 Å². The number of likely N-dealkylation sites (tertiary alicyclic amines) is 1. The minimum Gasteiger partial charge on any atom is -0.340 e. The summed E-state index contributed by atoms with van der Waals surface area (Å²) in [6.45, 7) is 3.04. The average molecular weight is 195 g/mol. The molecule has 0 N–H and O–H groups in total. The van der Waals surface area contributed by atoms with Crippen molar-refractivity contribution in [1.29, 1.82) is 0 Å². The molecule has 1 saturated carbocycles. The third-order valence-corrected chi connectivity index (χ3v) is 3.90. The predicted molar refractivity (Wildman–Crippen MR) is 57.0 cm³/mol. The molecule has 0 spiro atoms. The van der Waals surface area contributed by atoms with E-state index >= 15 is 0 Å². The number of carbonyl (C=O) groups excluding carboxylic acids is 1. The lowest BCUT2D eigenvalue weighted by molar-refractivity contribution is -0.133. The Morgan fingerprint density at radius 1 is 1.21 bits per heavy atom. The normalized spacial score (nSPS) is 33.8. The molecule has 0 aromatic carbocycles. The maximum Gasteiger partial charge on any atom is 0.222 e. The molecule has 0 radical (unpaired) electrons. The molecule has 0 aromatic rings. The molecule has 0 aromatic heterocycles. The van der Waals surface area contributed by atoms with Gasteiger partial charge in [0.25, 0.3) is 0 Å². The van der Waals surface area contributed by atoms with Gasteiger partial charge in [-0.05, 0) is 38.5 Å². The first-order valence-electron chi connectivity index (χ1n) is 6.12. The molecule has 0 bridgehead atoms. The van der Waals surface area contributed by atoms with Gasteiger partial charge in [0, 0.05) is 19.0 Å². The van der Waals surface area contributed by atoms with Gasteiger partial charge in [-0.1, -0.05) is 12.8 Å². The summed E-state index contributed by atoms with van der Waals surface area (Å²) in [5, 5.41) is 0. The van der Waals surface area contributed by atoms with Crippen LogP contribution >= 0.6 is 0 Å². The first-order chi connectivity index (χ1) is 6.83. The van der Waals surface area contributed by atoms with Crippen molar-refractivity contribution in [2.45, 2.75) is 57.9 Å². The van der Waals surface area contributed by atoms with Crippen LogP contribution in [0.2, 0.25) is 0 Å². The van der Waals surface area contributed by atoms with Gasteiger partial charge in [-0.25, -0.2) is 0 Å². The highest BCUT2D eigenvalue weighted by Gasteiger charge is 2.33. The maximum atomic E-state index is 11.8. The van der Waals surface area contributed by atoms with E-state index in [9.17, 15) is 4.79 Å². The zero-order chi connectivity index (χ0) is 9.97. The van der Waals surface area contributed by atoms with E-state index in [2.05, 4.69) is 11.8 Å². The Labute approximate surface area is 86.7 Å². The summed E-state index contributed by atoms with van der Waals surface area (Å²) in [6.07, 6.45) is 8.51. The Kier molecular flexibility index (Phi) is 3.09. The van der Waals surface area contributed by atoms with Crippen LogP contribution in [-0.2, 0) is 4.79 Å². The third kappa shape index (κ3) is 1.79. The number of fused-ring (bicyclic) bond motifs is 1. The highest BCUT2D eigenvalue weighted by molar-refractivity contribution is 5.76. The van der Waals surface area contributed by atoms with Gasteiger partial charge in [0.2, 0.25) is 5.91 Å². The molecule has 2 atom stereocenters. The van der Waals surface area contributed by atoms with E-state index in [0.29, 0.717) is 11.9 Å². The molecule has 1 amide bonds. The van der Waals surface area contributed by atoms with E-state index in [-0.39, 0.29) is 0 Å². The fraction of sp³-hybridized carbons (Fsp3) is 0.917. The summed E-state index contributed by atoms with van der Waals surface area (Å²) in [5.41, 5.74) is 0. The molecule has 80 valence electrons. The van der Waals surface area contributed by atoms with Gasteiger partial charge in [-0.15, -0.1) is 0 Å². The van der Waals surface area contributed by atoms with Gasteiger partial charge in [0.05, 0.1) is 0 Å². The predicted octanol–water partition coefficient (Wildman–Crippen LogP) is 2.58. The molecule has 2 aliphatic rings. The van der Waals surface area contributed by atoms with Crippen LogP contribution in [0, 0.1) is 5.92 Å². The number of nitrogens with zero attached hydrogens (tertiary/aromatic N) is 1. The van der Waals surface area contributed by atoms with Gasteiger partial charge < -0.3 is 4.90 Å². The molecule has 2 fully saturated rings. The number of amides is 1. The van der Waals surface area contributed by atoms with Crippen molar-refractivity contribution >= 4 is 5.91 Å². The highest BCUT2D eigenvalue weighted by Crippen LogP contribution is 2.34. The molecule has 2 heteroatoms. The van der Waals surface area contributed by atoms with Crippen LogP contribution in [0.5, 0.6) is 0 Å². The fourth-order valence-electron chi connectivity index (χ4n) is 3.19. The molecule has 2 unspecified atom stereocenters. The first kappa shape index (κ1) is 10.0. The monoisotopic (exact) mass is 195 g/mol. The zero-order valence-electron chi connectivity index (χ0n) is 9.17. The molecule has 14 heavy (non-hydrogen) atoms. The summed E-state index contributed by atoms with van der Waals surface area (Å²) < 4.78 is 0. The number of hydrogen-bond acceptors (Lipinski definition) is 1. The van der Waals surface area contributed by atoms with Gasteiger partial charge in [-0.3, -0.25) is 4.79 Å². The second kappa shape index (κ2) is 4.33. The second-order valence-corrected chi connectivity index (χ2v) is 4.68. The summed E-state index contributed by atoms with van der Waals surface area (Å²) in [5.74, 6) is 1.22. The van der Waals surface area contributed by atoms with Gasteiger partial charge in [0.15, 0.2) is 0 Å². The van der Waals surface area contributed by atoms with Crippen LogP contribution in [0.15, 0.2) is 0 Å². The summed E-state index contributed by atoms with van der Waals surface area (Å²) in [4.78, 5) is 14.0. The quantitative estimate of drug-likeness (QED) is 0.629. The average Bonchev–Trinajstić information content (AvgIpc) is 2.36. The smallest absolute Gasteiger partial charge is 0.222 e. The van der Waals surface area contributed by atoms with E-state index in [0.717, 1.165) is 25.3 Å². The number of carbonyl (C=O) groups is 1. The molecule has 1 aliphatic carbocycles. The number of hydrogen-bond donors (Lipinski definition) is 0. The van der Waals surface area contributed by atoms with Crippen molar-refractivity contribution in [3.05, 3.63) is 0 Å². The lowest BCUT2D eigenvalue weighted by atomic mass is 9.82. The fourth-order valence-corrected chi connectivity index (χ4v) is 3.19. The van der Waals surface area contributed by atoms with Crippen LogP contribution < -0.4 is 0 Å². The molecule has 1 heterocycles. The minimum atomic E-state index is 0.405. The van der Waals surface area contributed by atoms with Crippen LogP contribution in [0.25, 0.3) is 0 Å². The lowest BCUT2D eigenvalue weighted by Crippen LogP contribution is -2.44. The van der Waals surface area contributed by atoms with Gasteiger partial charge >= 0.3 is 0 Å². The van der Waals surface area contributed by atoms with Crippen LogP contribution in [0.3, 0.4) is 0 Å². The Morgan fingerprint density at radius 3 is 2.71 bits per heavy atom. The Hall–Kier alpha value is -0.530. The molecule has 1 saturated heterocycles. The van der Waals surface area contributed by atoms with Crippen molar-refractivity contribution < 1.29 is 4.79 Å². The summed E-state index contributed by atoms with van der Waals surface area (Å²) >= 11 is 0. The van der Waals surface area contributed by atoms with E-state index < -0.39 is 0 Å². The van der Waals surface area contributed by atoms with E-state index in [1.807, 2.05) is 0 Å². The Balaban J connectivity index is 2.13. The SMILES string of the molecule is CCN1C(=O)CCCC2CCCCC21. The van der Waals surface area contributed by atoms with Gasteiger partial charge in [0.1, 0.15) is 0 Å². The first-order valence-corrected chi connectivity index (χ1v) is 6.12. The molecule has 1 aliphatic heterocycles. The van der Waals surface area contributed by atoms with Crippen molar-refractivity contribution in [3.63, 3.8) is 0 Å². The van der Waals surface area contributed by atoms with Crippen molar-refractivity contribution in [2.75, 3.05) is 6.54 Å². The standard InChI is InChI=1S/C12H21NO/c1-2-13-11-8-4-3-6-10(11)7-5-9-12(13)14/h10-11H,2-9H2,1H3. The largest absolute Gasteiger partial charge is 0.340 e. The second-order valence-electron chi connectivity index (χ2n) is 4.68. The summed E-state index contributed by atoms with van der Waals surface area (Å²) in [6, 6.07) is 0.587. The van der Waals surface area contributed by atoms with Crippen molar-refractivity contribution in [2.24, 2.45) is 5.92 Å². The van der Waals surface area contributed by atoms with Crippen LogP contribution in [-0.4, -0.2) is 23.4 Å². The summed E-state index contributed by atoms with van der Waals surface area (Å²) in [7, 11) is 0. The van der Waals surface area contributed by atoms with Crippen molar-refractivity contribution in [1.82, 2.24) is 4.90 Å². The lowest BCUT2D eigenvalue weighted by Gasteiger charge is -2.37. The Bertz CT molecular complexity index is 214.